The number of alkyl halides is 1. The molecule has 0 spiro atoms. The standard InChI is InChI=1S/C7H11ClN3OS/c8-5-7(10-6-9)11-13-3-1-12-2-4-13/h9H,1-5H2/q+1/b11-7+. The van der Waals surface area contributed by atoms with Gasteiger partial charge < -0.3 is 4.74 Å². The quantitative estimate of drug-likeness (QED) is 0.320. The number of nitrogens with zero attached hydrogens (tertiary/aromatic N) is 2. The van der Waals surface area contributed by atoms with E-state index in [0.29, 0.717) is 5.84 Å². The van der Waals surface area contributed by atoms with Gasteiger partial charge in [0.25, 0.3) is 0 Å². The highest BCUT2D eigenvalue weighted by atomic mass is 35.5. The Labute approximate surface area is 85.0 Å². The van der Waals surface area contributed by atoms with Gasteiger partial charge in [0.15, 0.2) is 11.5 Å². The van der Waals surface area contributed by atoms with Crippen molar-refractivity contribution in [2.75, 3.05) is 30.6 Å². The summed E-state index contributed by atoms with van der Waals surface area (Å²) < 4.78 is 9.52. The third-order valence-electron chi connectivity index (χ3n) is 1.47. The largest absolute Gasteiger partial charge is 0.371 e. The molecule has 0 saturated carbocycles. The van der Waals surface area contributed by atoms with E-state index in [4.69, 9.17) is 21.7 Å². The van der Waals surface area contributed by atoms with E-state index in [9.17, 15) is 0 Å². The van der Waals surface area contributed by atoms with Crippen LogP contribution in [0.1, 0.15) is 0 Å². The third kappa shape index (κ3) is 3.91. The zero-order chi connectivity index (χ0) is 9.52. The van der Waals surface area contributed by atoms with Crippen molar-refractivity contribution < 1.29 is 4.74 Å². The van der Waals surface area contributed by atoms with Crippen molar-refractivity contribution in [3.63, 3.8) is 0 Å². The molecular formula is C7H11ClN3OS+. The molecule has 72 valence electrons. The Morgan fingerprint density at radius 1 is 1.54 bits per heavy atom. The Hall–Kier alpha value is -0.350. The summed E-state index contributed by atoms with van der Waals surface area (Å²) >= 11 is 5.58. The van der Waals surface area contributed by atoms with Gasteiger partial charge in [-0.3, -0.25) is 0 Å². The van der Waals surface area contributed by atoms with Gasteiger partial charge in [0.2, 0.25) is 5.84 Å². The van der Waals surface area contributed by atoms with Gasteiger partial charge in [-0.2, -0.15) is 4.99 Å². The molecule has 0 aromatic carbocycles. The summed E-state index contributed by atoms with van der Waals surface area (Å²) in [5.74, 6) is 2.62. The molecular weight excluding hydrogens is 210 g/mol. The predicted octanol–water partition coefficient (Wildman–Crippen LogP) is 0.940. The maximum atomic E-state index is 6.68. The minimum Gasteiger partial charge on any atom is -0.371 e. The molecule has 0 atom stereocenters. The second-order valence-electron chi connectivity index (χ2n) is 2.35. The zero-order valence-corrected chi connectivity index (χ0v) is 8.70. The van der Waals surface area contributed by atoms with Crippen molar-refractivity contribution in [2.45, 2.75) is 0 Å². The van der Waals surface area contributed by atoms with E-state index in [1.54, 1.807) is 0 Å². The molecule has 1 aliphatic heterocycles. The summed E-state index contributed by atoms with van der Waals surface area (Å²) in [5, 5.41) is 6.68. The van der Waals surface area contributed by atoms with Gasteiger partial charge in [0.1, 0.15) is 11.1 Å². The van der Waals surface area contributed by atoms with Crippen molar-refractivity contribution in [1.82, 2.24) is 0 Å². The fourth-order valence-corrected chi connectivity index (χ4v) is 2.49. The molecule has 1 aliphatic rings. The van der Waals surface area contributed by atoms with Crippen LogP contribution in [-0.2, 0) is 15.8 Å². The molecule has 0 amide bonds. The van der Waals surface area contributed by atoms with Crippen LogP contribution in [0.25, 0.3) is 0 Å². The summed E-state index contributed by atoms with van der Waals surface area (Å²) in [5.41, 5.74) is 0. The van der Waals surface area contributed by atoms with Crippen LogP contribution in [0.4, 0.5) is 0 Å². The van der Waals surface area contributed by atoms with E-state index in [0.717, 1.165) is 24.7 Å². The number of nitrogens with one attached hydrogen (secondary N) is 1. The van der Waals surface area contributed by atoms with Gasteiger partial charge in [-0.15, -0.1) is 11.6 Å². The van der Waals surface area contributed by atoms with E-state index in [1.807, 2.05) is 6.01 Å². The monoisotopic (exact) mass is 220 g/mol. The summed E-state index contributed by atoms with van der Waals surface area (Å²) in [4.78, 5) is 3.64. The van der Waals surface area contributed by atoms with Crippen LogP contribution in [-0.4, -0.2) is 42.4 Å². The highest BCUT2D eigenvalue weighted by Gasteiger charge is 2.23. The lowest BCUT2D eigenvalue weighted by Crippen LogP contribution is -2.25. The Morgan fingerprint density at radius 3 is 2.77 bits per heavy atom. The molecule has 1 rings (SSSR count). The summed E-state index contributed by atoms with van der Waals surface area (Å²) in [6.45, 7) is 1.52. The number of ether oxygens (including phenoxy) is 1. The molecule has 1 saturated heterocycles. The average Bonchev–Trinajstić information content (AvgIpc) is 2.19. The summed E-state index contributed by atoms with van der Waals surface area (Å²) in [6, 6.07) is 1.94. The van der Waals surface area contributed by atoms with Crippen LogP contribution in [0.3, 0.4) is 0 Å². The van der Waals surface area contributed by atoms with Crippen molar-refractivity contribution in [3.8, 4) is 0 Å². The van der Waals surface area contributed by atoms with Crippen LogP contribution >= 0.6 is 11.6 Å². The first-order valence-corrected chi connectivity index (χ1v) is 5.93. The van der Waals surface area contributed by atoms with Crippen LogP contribution < -0.4 is 0 Å². The van der Waals surface area contributed by atoms with Crippen LogP contribution in [0.15, 0.2) is 9.39 Å². The predicted molar refractivity (Wildman–Crippen MR) is 56.2 cm³/mol. The number of rotatable bonds is 2. The lowest BCUT2D eigenvalue weighted by molar-refractivity contribution is 0.159. The normalized spacial score (nSPS) is 19.6. The van der Waals surface area contributed by atoms with E-state index >= 15 is 0 Å². The fraction of sp³-hybridized carbons (Fsp3) is 0.714. The second kappa shape index (κ2) is 6.16. The van der Waals surface area contributed by atoms with E-state index < -0.39 is 0 Å². The molecule has 0 bridgehead atoms. The first kappa shape index (κ1) is 10.7. The number of aliphatic imine (C=N–C) groups is 1. The first-order valence-electron chi connectivity index (χ1n) is 3.88. The van der Waals surface area contributed by atoms with Gasteiger partial charge >= 0.3 is 0 Å². The topological polar surface area (TPSA) is 57.8 Å². The van der Waals surface area contributed by atoms with Crippen molar-refractivity contribution >= 4 is 34.5 Å². The van der Waals surface area contributed by atoms with Crippen LogP contribution in [0, 0.1) is 5.41 Å². The third-order valence-corrected chi connectivity index (χ3v) is 3.45. The van der Waals surface area contributed by atoms with Crippen molar-refractivity contribution in [2.24, 2.45) is 9.39 Å². The molecule has 0 aromatic heterocycles. The molecule has 0 aliphatic carbocycles. The minimum absolute atomic E-state index is 0.0147. The smallest absolute Gasteiger partial charge is 0.205 e. The summed E-state index contributed by atoms with van der Waals surface area (Å²) in [7, 11) is 0. The molecule has 0 unspecified atom stereocenters. The minimum atomic E-state index is -0.0147. The zero-order valence-electron chi connectivity index (χ0n) is 7.12. The van der Waals surface area contributed by atoms with Gasteiger partial charge in [0, 0.05) is 0 Å². The van der Waals surface area contributed by atoms with Gasteiger partial charge in [-0.05, 0) is 4.40 Å². The van der Waals surface area contributed by atoms with Crippen LogP contribution in [0.5, 0.6) is 0 Å². The van der Waals surface area contributed by atoms with Crippen molar-refractivity contribution in [3.05, 3.63) is 0 Å². The summed E-state index contributed by atoms with van der Waals surface area (Å²) in [6.07, 6.45) is 0. The van der Waals surface area contributed by atoms with Gasteiger partial charge in [-0.25, -0.2) is 5.41 Å². The highest BCUT2D eigenvalue weighted by molar-refractivity contribution is 7.95. The Morgan fingerprint density at radius 2 is 2.23 bits per heavy atom. The molecule has 13 heavy (non-hydrogen) atoms. The molecule has 4 nitrogen and oxygen atoms in total. The molecule has 6 heteroatoms. The average molecular weight is 221 g/mol. The molecule has 0 aromatic rings. The van der Waals surface area contributed by atoms with Gasteiger partial charge in [0.05, 0.1) is 25.1 Å². The lowest BCUT2D eigenvalue weighted by Gasteiger charge is -2.08. The lowest BCUT2D eigenvalue weighted by atomic mass is 10.7. The molecule has 1 fully saturated rings. The maximum Gasteiger partial charge on any atom is 0.205 e. The number of hydrogen-bond acceptors (Lipinski definition) is 3. The van der Waals surface area contributed by atoms with E-state index in [1.165, 1.54) is 0 Å². The Bertz CT molecular complexity index is 234. The Balaban J connectivity index is 2.53. The fourth-order valence-electron chi connectivity index (χ4n) is 0.894. The highest BCUT2D eigenvalue weighted by Crippen LogP contribution is 2.06. The second-order valence-corrected chi connectivity index (χ2v) is 4.54. The molecule has 1 N–H and O–H groups in total. The molecule has 0 radical (unpaired) electrons. The van der Waals surface area contributed by atoms with E-state index in [2.05, 4.69) is 9.39 Å². The van der Waals surface area contributed by atoms with Gasteiger partial charge in [-0.1, -0.05) is 0 Å². The SMILES string of the molecule is N=C=N/C(CCl)=N/[S+]1CCOCC1. The maximum absolute atomic E-state index is 6.68. The van der Waals surface area contributed by atoms with Crippen LogP contribution in [0.2, 0.25) is 0 Å². The Kier molecular flexibility index (Phi) is 5.08. The number of halogens is 1. The van der Waals surface area contributed by atoms with E-state index in [-0.39, 0.29) is 17.0 Å². The van der Waals surface area contributed by atoms with Crippen molar-refractivity contribution in [1.29, 1.82) is 5.41 Å². The number of hydrogen-bond donors (Lipinski definition) is 1. The first-order chi connectivity index (χ1) is 6.36. The molecule has 1 heterocycles. The number of amidine groups is 1.